The van der Waals surface area contributed by atoms with Crippen LogP contribution in [0.2, 0.25) is 0 Å². The van der Waals surface area contributed by atoms with Crippen molar-refractivity contribution in [1.82, 2.24) is 19.9 Å². The average molecular weight is 529 g/mol. The third-order valence-corrected chi connectivity index (χ3v) is 6.75. The van der Waals surface area contributed by atoms with Gasteiger partial charge in [-0.2, -0.15) is 8.78 Å². The molecule has 1 aliphatic heterocycles. The summed E-state index contributed by atoms with van der Waals surface area (Å²) in [6.07, 6.45) is 0. The number of nitrogens with zero attached hydrogens (tertiary/aromatic N) is 4. The van der Waals surface area contributed by atoms with E-state index < -0.39 is 30.2 Å². The highest BCUT2D eigenvalue weighted by Crippen LogP contribution is 2.36. The van der Waals surface area contributed by atoms with Crippen LogP contribution in [0, 0.1) is 25.7 Å². The van der Waals surface area contributed by atoms with E-state index in [-0.39, 0.29) is 5.69 Å². The molecule has 0 atom stereocenters. The number of aromatic nitrogens is 4. The van der Waals surface area contributed by atoms with Crippen molar-refractivity contribution in [2.45, 2.75) is 52.7 Å². The second-order valence-corrected chi connectivity index (χ2v) is 9.96. The van der Waals surface area contributed by atoms with Crippen molar-refractivity contribution < 1.29 is 18.1 Å². The van der Waals surface area contributed by atoms with Crippen molar-refractivity contribution >= 4 is 50.6 Å². The van der Waals surface area contributed by atoms with Gasteiger partial charge in [-0.15, -0.1) is 0 Å². The van der Waals surface area contributed by atoms with Crippen LogP contribution in [0.3, 0.4) is 0 Å². The van der Waals surface area contributed by atoms with Crippen LogP contribution >= 0.6 is 15.9 Å². The highest BCUT2D eigenvalue weighted by molar-refractivity contribution is 9.10. The Morgan fingerprint density at radius 1 is 0.735 bits per heavy atom. The molecule has 1 aliphatic rings. The van der Waals surface area contributed by atoms with Crippen molar-refractivity contribution in [3.63, 3.8) is 0 Å². The van der Waals surface area contributed by atoms with Crippen LogP contribution in [-0.4, -0.2) is 38.3 Å². The molecule has 2 aromatic heterocycles. The van der Waals surface area contributed by atoms with E-state index in [0.717, 1.165) is 4.47 Å². The fourth-order valence-electron chi connectivity index (χ4n) is 3.44. The first kappa shape index (κ1) is 24.6. The Morgan fingerprint density at radius 2 is 1.21 bits per heavy atom. The maximum Gasteiger partial charge on any atom is 0.497 e. The number of fused-ring (bicyclic) bond motifs is 2. The summed E-state index contributed by atoms with van der Waals surface area (Å²) in [6.45, 7) is 11.1. The molecule has 6 nitrogen and oxygen atoms in total. The van der Waals surface area contributed by atoms with Crippen LogP contribution in [0.25, 0.3) is 22.1 Å². The summed E-state index contributed by atoms with van der Waals surface area (Å²) < 4.78 is 39.6. The third-order valence-electron chi connectivity index (χ3n) is 6.11. The normalized spacial score (nSPS) is 16.6. The Morgan fingerprint density at radius 3 is 1.76 bits per heavy atom. The van der Waals surface area contributed by atoms with Gasteiger partial charge < -0.3 is 9.31 Å². The molecule has 5 rings (SSSR count). The standard InChI is InChI=1S/C15H18BFN2O2.C9H6BrFN2/c1-9-13(17)19-12-10(7-6-8-11(12)18-9)16-20-14(2,3)15(4,5)21-16;1-5-9(11)13-8-6(10)3-2-4-7(8)12-5/h6-8H,1-5H3;2-4H,1H3. The van der Waals surface area contributed by atoms with E-state index in [1.54, 1.807) is 19.9 Å². The van der Waals surface area contributed by atoms with E-state index in [4.69, 9.17) is 9.31 Å². The minimum Gasteiger partial charge on any atom is -0.399 e. The highest BCUT2D eigenvalue weighted by Gasteiger charge is 2.52. The monoisotopic (exact) mass is 528 g/mol. The molecule has 34 heavy (non-hydrogen) atoms. The molecule has 176 valence electrons. The largest absolute Gasteiger partial charge is 0.497 e. The number of aryl methyl sites for hydroxylation is 2. The number of hydrogen-bond acceptors (Lipinski definition) is 6. The third kappa shape index (κ3) is 4.54. The fourth-order valence-corrected chi connectivity index (χ4v) is 3.88. The number of halogens is 3. The lowest BCUT2D eigenvalue weighted by Crippen LogP contribution is -2.41. The van der Waals surface area contributed by atoms with Gasteiger partial charge in [0, 0.05) is 9.94 Å². The first-order chi connectivity index (χ1) is 15.9. The van der Waals surface area contributed by atoms with E-state index in [1.807, 2.05) is 58.0 Å². The summed E-state index contributed by atoms with van der Waals surface area (Å²) in [5, 5.41) is 0. The summed E-state index contributed by atoms with van der Waals surface area (Å²) in [5.74, 6) is -1.08. The molecule has 2 aromatic carbocycles. The summed E-state index contributed by atoms with van der Waals surface area (Å²) >= 11 is 3.29. The van der Waals surface area contributed by atoms with Crippen molar-refractivity contribution in [3.05, 3.63) is 64.2 Å². The lowest BCUT2D eigenvalue weighted by atomic mass is 9.78. The second-order valence-electron chi connectivity index (χ2n) is 9.11. The zero-order valence-corrected chi connectivity index (χ0v) is 21.4. The van der Waals surface area contributed by atoms with Crippen molar-refractivity contribution in [2.24, 2.45) is 0 Å². The van der Waals surface area contributed by atoms with Gasteiger partial charge in [-0.25, -0.2) is 19.9 Å². The molecule has 4 aromatic rings. The first-order valence-corrected chi connectivity index (χ1v) is 11.6. The van der Waals surface area contributed by atoms with Gasteiger partial charge in [-0.3, -0.25) is 0 Å². The molecule has 3 heterocycles. The lowest BCUT2D eigenvalue weighted by Gasteiger charge is -2.32. The minimum absolute atomic E-state index is 0.286. The van der Waals surface area contributed by atoms with Gasteiger partial charge >= 0.3 is 7.12 Å². The maximum absolute atomic E-state index is 13.8. The molecule has 10 heteroatoms. The second kappa shape index (κ2) is 8.90. The Kier molecular flexibility index (Phi) is 6.43. The first-order valence-electron chi connectivity index (χ1n) is 10.8. The molecular weight excluding hydrogens is 505 g/mol. The number of rotatable bonds is 1. The molecular formula is C24H24BBrF2N4O2. The van der Waals surface area contributed by atoms with Crippen LogP contribution in [0.4, 0.5) is 8.78 Å². The molecule has 0 saturated carbocycles. The molecule has 1 saturated heterocycles. The van der Waals surface area contributed by atoms with E-state index >= 15 is 0 Å². The van der Waals surface area contributed by atoms with Gasteiger partial charge in [-0.1, -0.05) is 18.2 Å². The fraction of sp³-hybridized carbons (Fsp3) is 0.333. The quantitative estimate of drug-likeness (QED) is 0.316. The number of benzene rings is 2. The number of hydrogen-bond donors (Lipinski definition) is 0. The van der Waals surface area contributed by atoms with Crippen LogP contribution in [0.5, 0.6) is 0 Å². The Hall–Kier alpha value is -2.56. The van der Waals surface area contributed by atoms with Gasteiger partial charge in [0.05, 0.1) is 39.1 Å². The molecule has 0 bridgehead atoms. The SMILES string of the molecule is Cc1nc2cccc(B3OC(C)(C)C(C)(C)O3)c2nc1F.Cc1nc2cccc(Br)c2nc1F. The van der Waals surface area contributed by atoms with E-state index in [2.05, 4.69) is 35.9 Å². The minimum atomic E-state index is -0.574. The Bertz CT molecular complexity index is 1380. The molecule has 0 unspecified atom stereocenters. The predicted molar refractivity (Wildman–Crippen MR) is 132 cm³/mol. The van der Waals surface area contributed by atoms with Gasteiger partial charge in [0.25, 0.3) is 0 Å². The van der Waals surface area contributed by atoms with E-state index in [9.17, 15) is 8.78 Å². The van der Waals surface area contributed by atoms with Gasteiger partial charge in [-0.05, 0) is 75.7 Å². The van der Waals surface area contributed by atoms with Crippen molar-refractivity contribution in [3.8, 4) is 0 Å². The highest BCUT2D eigenvalue weighted by atomic mass is 79.9. The summed E-state index contributed by atoms with van der Waals surface area (Å²) in [6, 6.07) is 11.0. The predicted octanol–water partition coefficient (Wildman–Crippen LogP) is 5.22. The molecule has 0 amide bonds. The van der Waals surface area contributed by atoms with E-state index in [1.165, 1.54) is 0 Å². The maximum atomic E-state index is 13.8. The van der Waals surface area contributed by atoms with Crippen molar-refractivity contribution in [2.75, 3.05) is 0 Å². The van der Waals surface area contributed by atoms with Crippen LogP contribution in [0.1, 0.15) is 39.1 Å². The van der Waals surface area contributed by atoms with Gasteiger partial charge in [0.1, 0.15) is 5.52 Å². The molecule has 0 N–H and O–H groups in total. The molecule has 0 radical (unpaired) electrons. The van der Waals surface area contributed by atoms with Crippen LogP contribution < -0.4 is 5.46 Å². The van der Waals surface area contributed by atoms with Crippen LogP contribution in [-0.2, 0) is 9.31 Å². The lowest BCUT2D eigenvalue weighted by molar-refractivity contribution is 0.00578. The van der Waals surface area contributed by atoms with E-state index in [0.29, 0.717) is 33.2 Å². The summed E-state index contributed by atoms with van der Waals surface area (Å²) in [7, 11) is -0.574. The summed E-state index contributed by atoms with van der Waals surface area (Å²) in [5.41, 5.74) is 2.81. The molecule has 1 fully saturated rings. The topological polar surface area (TPSA) is 70.0 Å². The summed E-state index contributed by atoms with van der Waals surface area (Å²) in [4.78, 5) is 16.1. The molecule has 0 spiro atoms. The zero-order valence-electron chi connectivity index (χ0n) is 19.8. The number of para-hydroxylation sites is 2. The average Bonchev–Trinajstić information content (AvgIpc) is 2.97. The van der Waals surface area contributed by atoms with Crippen molar-refractivity contribution in [1.29, 1.82) is 0 Å². The molecule has 0 aliphatic carbocycles. The zero-order chi connectivity index (χ0) is 24.8. The Balaban J connectivity index is 0.000000180. The van der Waals surface area contributed by atoms with Gasteiger partial charge in [0.2, 0.25) is 11.9 Å². The Labute approximate surface area is 205 Å². The van der Waals surface area contributed by atoms with Gasteiger partial charge in [0.15, 0.2) is 0 Å². The smallest absolute Gasteiger partial charge is 0.399 e. The van der Waals surface area contributed by atoms with Crippen LogP contribution in [0.15, 0.2) is 40.9 Å².